The molecule has 0 saturated carbocycles. The Morgan fingerprint density at radius 2 is 2.23 bits per heavy atom. The number of aromatic nitrogens is 2. The zero-order valence-corrected chi connectivity index (χ0v) is 7.31. The normalized spacial score (nSPS) is 10.2. The van der Waals surface area contributed by atoms with Crippen molar-refractivity contribution in [1.29, 1.82) is 0 Å². The van der Waals surface area contributed by atoms with E-state index in [9.17, 15) is 5.11 Å². The van der Waals surface area contributed by atoms with Gasteiger partial charge in [0.1, 0.15) is 5.75 Å². The lowest BCUT2D eigenvalue weighted by Gasteiger charge is -2.04. The highest BCUT2D eigenvalue weighted by Gasteiger charge is 1.99. The van der Waals surface area contributed by atoms with E-state index in [0.717, 1.165) is 11.4 Å². The van der Waals surface area contributed by atoms with E-state index in [-0.39, 0.29) is 5.75 Å². The lowest BCUT2D eigenvalue weighted by molar-refractivity contribution is 0.475. The van der Waals surface area contributed by atoms with Gasteiger partial charge in [-0.2, -0.15) is 0 Å². The van der Waals surface area contributed by atoms with Crippen molar-refractivity contribution in [2.24, 2.45) is 0 Å². The molecule has 1 N–H and O–H groups in total. The standard InChI is InChI=1S/C10H10N2O/c1-8-6-11-7-12(8)9-3-2-4-10(13)5-9/h2-7,13H,1H3. The van der Waals surface area contributed by atoms with Crippen molar-refractivity contribution < 1.29 is 5.11 Å². The molecule has 0 aliphatic carbocycles. The van der Waals surface area contributed by atoms with Crippen molar-refractivity contribution in [3.8, 4) is 11.4 Å². The van der Waals surface area contributed by atoms with Gasteiger partial charge in [0, 0.05) is 18.0 Å². The number of nitrogens with zero attached hydrogens (tertiary/aromatic N) is 2. The molecule has 0 unspecified atom stereocenters. The molecule has 0 atom stereocenters. The van der Waals surface area contributed by atoms with Gasteiger partial charge >= 0.3 is 0 Å². The van der Waals surface area contributed by atoms with Gasteiger partial charge in [-0.15, -0.1) is 0 Å². The Balaban J connectivity index is 2.53. The van der Waals surface area contributed by atoms with Crippen molar-refractivity contribution >= 4 is 0 Å². The molecule has 2 rings (SSSR count). The molecule has 66 valence electrons. The Bertz CT molecular complexity index is 420. The summed E-state index contributed by atoms with van der Waals surface area (Å²) in [6.45, 7) is 1.97. The Kier molecular flexibility index (Phi) is 1.77. The van der Waals surface area contributed by atoms with Crippen molar-refractivity contribution in [2.75, 3.05) is 0 Å². The summed E-state index contributed by atoms with van der Waals surface area (Å²) in [5, 5.41) is 9.27. The molecule has 0 bridgehead atoms. The number of imidazole rings is 1. The van der Waals surface area contributed by atoms with Gasteiger partial charge in [-0.05, 0) is 19.1 Å². The Morgan fingerprint density at radius 3 is 2.85 bits per heavy atom. The van der Waals surface area contributed by atoms with Crippen LogP contribution in [0.15, 0.2) is 36.8 Å². The molecule has 3 nitrogen and oxygen atoms in total. The number of hydrogen-bond acceptors (Lipinski definition) is 2. The van der Waals surface area contributed by atoms with Crippen LogP contribution >= 0.6 is 0 Å². The summed E-state index contributed by atoms with van der Waals surface area (Å²) in [7, 11) is 0. The predicted molar refractivity (Wildman–Crippen MR) is 50.0 cm³/mol. The average Bonchev–Trinajstić information content (AvgIpc) is 2.51. The van der Waals surface area contributed by atoms with Gasteiger partial charge in [0.05, 0.1) is 12.0 Å². The number of rotatable bonds is 1. The number of phenols is 1. The second kappa shape index (κ2) is 2.94. The van der Waals surface area contributed by atoms with Crippen LogP contribution in [0.25, 0.3) is 5.69 Å². The first-order valence-corrected chi connectivity index (χ1v) is 4.06. The fraction of sp³-hybridized carbons (Fsp3) is 0.100. The lowest BCUT2D eigenvalue weighted by atomic mass is 10.3. The SMILES string of the molecule is Cc1cncn1-c1cccc(O)c1. The van der Waals surface area contributed by atoms with Crippen molar-refractivity contribution in [2.45, 2.75) is 6.92 Å². The van der Waals surface area contributed by atoms with E-state index in [2.05, 4.69) is 4.98 Å². The molecular weight excluding hydrogens is 164 g/mol. The summed E-state index contributed by atoms with van der Waals surface area (Å²) in [4.78, 5) is 4.01. The fourth-order valence-electron chi connectivity index (χ4n) is 1.27. The van der Waals surface area contributed by atoms with Crippen LogP contribution in [0.1, 0.15) is 5.69 Å². The minimum absolute atomic E-state index is 0.269. The first-order chi connectivity index (χ1) is 6.27. The Morgan fingerprint density at radius 1 is 1.38 bits per heavy atom. The van der Waals surface area contributed by atoms with Crippen molar-refractivity contribution in [1.82, 2.24) is 9.55 Å². The molecular formula is C10H10N2O. The molecule has 2 aromatic rings. The van der Waals surface area contributed by atoms with Crippen molar-refractivity contribution in [3.63, 3.8) is 0 Å². The lowest BCUT2D eigenvalue weighted by Crippen LogP contribution is -1.93. The minimum Gasteiger partial charge on any atom is -0.508 e. The average molecular weight is 174 g/mol. The topological polar surface area (TPSA) is 38.0 Å². The van der Waals surface area contributed by atoms with E-state index in [4.69, 9.17) is 0 Å². The minimum atomic E-state index is 0.269. The van der Waals surface area contributed by atoms with E-state index >= 15 is 0 Å². The third kappa shape index (κ3) is 1.40. The predicted octanol–water partition coefficient (Wildman–Crippen LogP) is 1.89. The number of aromatic hydroxyl groups is 1. The second-order valence-corrected chi connectivity index (χ2v) is 2.92. The highest BCUT2D eigenvalue weighted by atomic mass is 16.3. The van der Waals surface area contributed by atoms with Crippen LogP contribution in [0.2, 0.25) is 0 Å². The molecule has 0 spiro atoms. The van der Waals surface area contributed by atoms with Gasteiger partial charge in [-0.1, -0.05) is 6.07 Å². The maximum atomic E-state index is 9.27. The molecule has 1 aromatic carbocycles. The van der Waals surface area contributed by atoms with E-state index < -0.39 is 0 Å². The summed E-state index contributed by atoms with van der Waals surface area (Å²) in [5.41, 5.74) is 1.97. The van der Waals surface area contributed by atoms with Crippen LogP contribution in [-0.4, -0.2) is 14.7 Å². The maximum absolute atomic E-state index is 9.27. The molecule has 0 saturated heterocycles. The van der Waals surface area contributed by atoms with Gasteiger partial charge in [0.25, 0.3) is 0 Å². The third-order valence-electron chi connectivity index (χ3n) is 1.93. The smallest absolute Gasteiger partial charge is 0.117 e. The molecule has 0 aliphatic heterocycles. The number of hydrogen-bond donors (Lipinski definition) is 1. The van der Waals surface area contributed by atoms with Gasteiger partial charge in [-0.25, -0.2) is 4.98 Å². The van der Waals surface area contributed by atoms with Crippen LogP contribution < -0.4 is 0 Å². The van der Waals surface area contributed by atoms with Crippen LogP contribution in [0, 0.1) is 6.92 Å². The third-order valence-corrected chi connectivity index (χ3v) is 1.93. The monoisotopic (exact) mass is 174 g/mol. The highest BCUT2D eigenvalue weighted by molar-refractivity contribution is 5.39. The second-order valence-electron chi connectivity index (χ2n) is 2.92. The summed E-state index contributed by atoms with van der Waals surface area (Å²) in [6, 6.07) is 7.09. The van der Waals surface area contributed by atoms with Crippen molar-refractivity contribution in [3.05, 3.63) is 42.5 Å². The number of benzene rings is 1. The zero-order valence-electron chi connectivity index (χ0n) is 7.31. The molecule has 3 heteroatoms. The van der Waals surface area contributed by atoms with E-state index in [0.29, 0.717) is 0 Å². The van der Waals surface area contributed by atoms with E-state index in [1.807, 2.05) is 23.6 Å². The van der Waals surface area contributed by atoms with Crippen LogP contribution in [0.4, 0.5) is 0 Å². The molecule has 0 fully saturated rings. The van der Waals surface area contributed by atoms with Gasteiger partial charge in [0.15, 0.2) is 0 Å². The maximum Gasteiger partial charge on any atom is 0.117 e. The molecule has 1 aromatic heterocycles. The van der Waals surface area contributed by atoms with E-state index in [1.54, 1.807) is 24.7 Å². The largest absolute Gasteiger partial charge is 0.508 e. The van der Waals surface area contributed by atoms with Crippen LogP contribution in [0.3, 0.4) is 0 Å². The molecule has 1 heterocycles. The van der Waals surface area contributed by atoms with Gasteiger partial charge in [0.2, 0.25) is 0 Å². The summed E-state index contributed by atoms with van der Waals surface area (Å²) < 4.78 is 1.92. The molecule has 13 heavy (non-hydrogen) atoms. The zero-order chi connectivity index (χ0) is 9.26. The fourth-order valence-corrected chi connectivity index (χ4v) is 1.27. The summed E-state index contributed by atoms with van der Waals surface area (Å²) in [5.74, 6) is 0.269. The molecule has 0 aliphatic rings. The Labute approximate surface area is 76.3 Å². The van der Waals surface area contributed by atoms with Gasteiger partial charge in [-0.3, -0.25) is 0 Å². The first-order valence-electron chi connectivity index (χ1n) is 4.06. The van der Waals surface area contributed by atoms with E-state index in [1.165, 1.54) is 0 Å². The molecule has 0 radical (unpaired) electrons. The van der Waals surface area contributed by atoms with Crippen LogP contribution in [-0.2, 0) is 0 Å². The quantitative estimate of drug-likeness (QED) is 0.716. The van der Waals surface area contributed by atoms with Gasteiger partial charge < -0.3 is 9.67 Å². The summed E-state index contributed by atoms with van der Waals surface area (Å²) >= 11 is 0. The number of phenolic OH excluding ortho intramolecular Hbond substituents is 1. The Hall–Kier alpha value is -1.77. The summed E-state index contributed by atoms with van der Waals surface area (Å²) in [6.07, 6.45) is 3.51. The first kappa shape index (κ1) is 7.86. The molecule has 0 amide bonds. The number of aryl methyl sites for hydroxylation is 1. The highest BCUT2D eigenvalue weighted by Crippen LogP contribution is 2.16. The van der Waals surface area contributed by atoms with Crippen LogP contribution in [0.5, 0.6) is 5.75 Å².